The first kappa shape index (κ1) is 16.0. The molecule has 0 saturated carbocycles. The first-order valence-electron chi connectivity index (χ1n) is 6.47. The van der Waals surface area contributed by atoms with Gasteiger partial charge in [-0.2, -0.15) is 11.8 Å². The minimum atomic E-state index is -0.296. The first-order valence-corrected chi connectivity index (χ1v) is 7.63. The molecule has 1 aromatic rings. The highest BCUT2D eigenvalue weighted by atomic mass is 32.2. The average Bonchev–Trinajstić information content (AvgIpc) is 2.41. The summed E-state index contributed by atoms with van der Waals surface area (Å²) < 4.78 is 12.9. The van der Waals surface area contributed by atoms with Crippen molar-refractivity contribution in [3.8, 4) is 0 Å². The maximum absolute atomic E-state index is 12.9. The lowest BCUT2D eigenvalue weighted by Crippen LogP contribution is -2.33. The number of thioether (sulfide) groups is 1. The Morgan fingerprint density at radius 2 is 2.00 bits per heavy atom. The average molecular weight is 284 g/mol. The number of halogens is 1. The number of benzene rings is 1. The van der Waals surface area contributed by atoms with Crippen LogP contribution in [-0.2, 0) is 4.79 Å². The Labute approximate surface area is 118 Å². The topological polar surface area (TPSA) is 46.3 Å². The molecule has 0 aliphatic carbocycles. The van der Waals surface area contributed by atoms with Gasteiger partial charge in [-0.25, -0.2) is 4.39 Å². The van der Waals surface area contributed by atoms with Gasteiger partial charge in [0.25, 0.3) is 0 Å². The molecule has 0 heterocycles. The van der Waals surface area contributed by atoms with Crippen LogP contribution >= 0.6 is 11.8 Å². The van der Waals surface area contributed by atoms with Gasteiger partial charge in [-0.1, -0.05) is 6.92 Å². The fraction of sp³-hybridized carbons (Fsp3) is 0.500. The maximum Gasteiger partial charge on any atom is 0.236 e. The zero-order valence-electron chi connectivity index (χ0n) is 11.4. The Morgan fingerprint density at radius 1 is 1.37 bits per heavy atom. The van der Waals surface area contributed by atoms with E-state index in [0.717, 1.165) is 17.9 Å². The Kier molecular flexibility index (Phi) is 6.87. The molecule has 106 valence electrons. The van der Waals surface area contributed by atoms with Crippen LogP contribution in [0.4, 0.5) is 10.1 Å². The van der Waals surface area contributed by atoms with Crippen molar-refractivity contribution in [2.75, 3.05) is 23.0 Å². The van der Waals surface area contributed by atoms with E-state index in [-0.39, 0.29) is 17.8 Å². The van der Waals surface area contributed by atoms with Gasteiger partial charge in [-0.05, 0) is 37.6 Å². The van der Waals surface area contributed by atoms with E-state index in [4.69, 9.17) is 5.73 Å². The lowest BCUT2D eigenvalue weighted by atomic mass is 10.3. The third-order valence-electron chi connectivity index (χ3n) is 2.84. The van der Waals surface area contributed by atoms with Crippen molar-refractivity contribution in [1.82, 2.24) is 0 Å². The molecule has 0 aliphatic rings. The summed E-state index contributed by atoms with van der Waals surface area (Å²) in [4.78, 5) is 13.8. The number of carbonyl (C=O) groups is 1. The maximum atomic E-state index is 12.9. The largest absolute Gasteiger partial charge is 0.327 e. The van der Waals surface area contributed by atoms with Crippen molar-refractivity contribution in [2.24, 2.45) is 5.73 Å². The van der Waals surface area contributed by atoms with E-state index in [1.54, 1.807) is 28.8 Å². The van der Waals surface area contributed by atoms with E-state index in [9.17, 15) is 9.18 Å². The molecule has 5 heteroatoms. The highest BCUT2D eigenvalue weighted by Crippen LogP contribution is 2.16. The molecule has 0 aromatic heterocycles. The molecule has 1 rings (SSSR count). The highest BCUT2D eigenvalue weighted by Gasteiger charge is 2.14. The second-order valence-corrected chi connectivity index (χ2v) is 5.33. The SMILES string of the molecule is CCC(N)CSCC(=O)N(CC)c1ccc(F)cc1. The van der Waals surface area contributed by atoms with Gasteiger partial charge in [0.05, 0.1) is 5.75 Å². The molecule has 0 aliphatic heterocycles. The summed E-state index contributed by atoms with van der Waals surface area (Å²) in [7, 11) is 0. The number of carbonyl (C=O) groups excluding carboxylic acids is 1. The van der Waals surface area contributed by atoms with Gasteiger partial charge in [0.1, 0.15) is 5.82 Å². The summed E-state index contributed by atoms with van der Waals surface area (Å²) in [5.41, 5.74) is 6.54. The number of rotatable bonds is 7. The van der Waals surface area contributed by atoms with E-state index in [1.165, 1.54) is 12.1 Å². The Balaban J connectivity index is 2.54. The van der Waals surface area contributed by atoms with E-state index >= 15 is 0 Å². The van der Waals surface area contributed by atoms with Crippen molar-refractivity contribution < 1.29 is 9.18 Å². The molecule has 3 nitrogen and oxygen atoms in total. The lowest BCUT2D eigenvalue weighted by molar-refractivity contribution is -0.116. The van der Waals surface area contributed by atoms with Gasteiger partial charge in [0.15, 0.2) is 0 Å². The predicted octanol–water partition coefficient (Wildman–Crippen LogP) is 2.65. The minimum Gasteiger partial charge on any atom is -0.327 e. The monoisotopic (exact) mass is 284 g/mol. The Hall–Kier alpha value is -1.07. The summed E-state index contributed by atoms with van der Waals surface area (Å²) in [6.45, 7) is 4.51. The molecule has 1 aromatic carbocycles. The van der Waals surface area contributed by atoms with E-state index < -0.39 is 0 Å². The Bertz CT molecular complexity index is 397. The van der Waals surface area contributed by atoms with Crippen LogP contribution < -0.4 is 10.6 Å². The van der Waals surface area contributed by atoms with Crippen LogP contribution in [0.5, 0.6) is 0 Å². The molecule has 2 N–H and O–H groups in total. The minimum absolute atomic E-state index is 0.0300. The van der Waals surface area contributed by atoms with E-state index in [2.05, 4.69) is 0 Å². The molecule has 19 heavy (non-hydrogen) atoms. The normalized spacial score (nSPS) is 12.2. The number of hydrogen-bond acceptors (Lipinski definition) is 3. The molecule has 1 atom stereocenters. The van der Waals surface area contributed by atoms with Crippen LogP contribution in [0.15, 0.2) is 24.3 Å². The van der Waals surface area contributed by atoms with E-state index in [0.29, 0.717) is 12.3 Å². The van der Waals surface area contributed by atoms with E-state index in [1.807, 2.05) is 13.8 Å². The predicted molar refractivity (Wildman–Crippen MR) is 80.0 cm³/mol. The van der Waals surface area contributed by atoms with Crippen molar-refractivity contribution >= 4 is 23.4 Å². The van der Waals surface area contributed by atoms with Gasteiger partial charge < -0.3 is 10.6 Å². The molecule has 0 bridgehead atoms. The Morgan fingerprint density at radius 3 is 2.53 bits per heavy atom. The highest BCUT2D eigenvalue weighted by molar-refractivity contribution is 8.00. The molecule has 0 saturated heterocycles. The summed E-state index contributed by atoms with van der Waals surface area (Å²) in [5.74, 6) is 0.917. The van der Waals surface area contributed by atoms with Crippen molar-refractivity contribution in [3.63, 3.8) is 0 Å². The van der Waals surface area contributed by atoms with Crippen LogP contribution in [0.3, 0.4) is 0 Å². The van der Waals surface area contributed by atoms with Crippen LogP contribution in [0, 0.1) is 5.82 Å². The standard InChI is InChI=1S/C14H21FN2OS/c1-3-12(16)9-19-10-14(18)17(4-2)13-7-5-11(15)6-8-13/h5-8,12H,3-4,9-10,16H2,1-2H3. The fourth-order valence-electron chi connectivity index (χ4n) is 1.62. The van der Waals surface area contributed by atoms with Crippen LogP contribution in [0.1, 0.15) is 20.3 Å². The first-order chi connectivity index (χ1) is 9.08. The van der Waals surface area contributed by atoms with Crippen molar-refractivity contribution in [1.29, 1.82) is 0 Å². The van der Waals surface area contributed by atoms with Gasteiger partial charge in [-0.3, -0.25) is 4.79 Å². The third kappa shape index (κ3) is 5.20. The lowest BCUT2D eigenvalue weighted by Gasteiger charge is -2.21. The molecule has 1 amide bonds. The van der Waals surface area contributed by atoms with Crippen LogP contribution in [-0.4, -0.2) is 30.0 Å². The molecule has 0 spiro atoms. The van der Waals surface area contributed by atoms with Gasteiger partial charge >= 0.3 is 0 Å². The number of nitrogens with two attached hydrogens (primary N) is 1. The number of amides is 1. The number of nitrogens with zero attached hydrogens (tertiary/aromatic N) is 1. The quantitative estimate of drug-likeness (QED) is 0.837. The second-order valence-electron chi connectivity index (χ2n) is 4.30. The molecular weight excluding hydrogens is 263 g/mol. The van der Waals surface area contributed by atoms with Crippen LogP contribution in [0.25, 0.3) is 0 Å². The molecule has 0 fully saturated rings. The molecular formula is C14H21FN2OS. The smallest absolute Gasteiger partial charge is 0.236 e. The number of hydrogen-bond donors (Lipinski definition) is 1. The summed E-state index contributed by atoms with van der Waals surface area (Å²) in [5, 5.41) is 0. The van der Waals surface area contributed by atoms with Crippen LogP contribution in [0.2, 0.25) is 0 Å². The molecule has 1 unspecified atom stereocenters. The van der Waals surface area contributed by atoms with Gasteiger partial charge in [0.2, 0.25) is 5.91 Å². The van der Waals surface area contributed by atoms with Crippen molar-refractivity contribution in [2.45, 2.75) is 26.3 Å². The van der Waals surface area contributed by atoms with Crippen molar-refractivity contribution in [3.05, 3.63) is 30.1 Å². The van der Waals surface area contributed by atoms with Gasteiger partial charge in [0, 0.05) is 24.0 Å². The van der Waals surface area contributed by atoms with Gasteiger partial charge in [-0.15, -0.1) is 0 Å². The number of anilines is 1. The second kappa shape index (κ2) is 8.17. The third-order valence-corrected chi connectivity index (χ3v) is 3.95. The summed E-state index contributed by atoms with van der Waals surface area (Å²) in [6, 6.07) is 6.12. The summed E-state index contributed by atoms with van der Waals surface area (Å²) >= 11 is 1.55. The zero-order chi connectivity index (χ0) is 14.3. The summed E-state index contributed by atoms with van der Waals surface area (Å²) in [6.07, 6.45) is 0.913. The zero-order valence-corrected chi connectivity index (χ0v) is 12.3. The molecule has 0 radical (unpaired) electrons. The fourth-order valence-corrected chi connectivity index (χ4v) is 2.60.